The summed E-state index contributed by atoms with van der Waals surface area (Å²) in [6.45, 7) is 1.91. The van der Waals surface area contributed by atoms with Crippen LogP contribution < -0.4 is 0 Å². The van der Waals surface area contributed by atoms with Gasteiger partial charge in [-0.15, -0.1) is 0 Å². The van der Waals surface area contributed by atoms with Crippen LogP contribution in [0.15, 0.2) is 30.3 Å². The number of benzene rings is 1. The van der Waals surface area contributed by atoms with Crippen LogP contribution in [-0.2, 0) is 30.3 Å². The lowest BCUT2D eigenvalue weighted by Crippen LogP contribution is -2.40. The summed E-state index contributed by atoms with van der Waals surface area (Å²) in [5.74, 6) is -0.0444. The van der Waals surface area contributed by atoms with Crippen LogP contribution in [-0.4, -0.2) is 43.6 Å². The van der Waals surface area contributed by atoms with Gasteiger partial charge in [0.15, 0.2) is 0 Å². The third-order valence-electron chi connectivity index (χ3n) is 4.60. The first-order valence-corrected chi connectivity index (χ1v) is 7.88. The summed E-state index contributed by atoms with van der Waals surface area (Å²) in [4.78, 5) is 11.7. The van der Waals surface area contributed by atoms with E-state index in [1.807, 2.05) is 30.3 Å². The smallest absolute Gasteiger partial charge is 0.306 e. The van der Waals surface area contributed by atoms with Crippen LogP contribution in [0.1, 0.15) is 18.4 Å². The molecule has 0 amide bonds. The Morgan fingerprint density at radius 1 is 1.18 bits per heavy atom. The van der Waals surface area contributed by atoms with Gasteiger partial charge in [0.2, 0.25) is 0 Å². The zero-order valence-corrected chi connectivity index (χ0v) is 12.4. The lowest BCUT2D eigenvalue weighted by Gasteiger charge is -2.30. The molecule has 5 nitrogen and oxygen atoms in total. The summed E-state index contributed by atoms with van der Waals surface area (Å²) in [5, 5.41) is 0. The normalized spacial score (nSPS) is 36.2. The Bertz CT molecular complexity index is 527. The fourth-order valence-electron chi connectivity index (χ4n) is 3.38. The van der Waals surface area contributed by atoms with Gasteiger partial charge in [0.25, 0.3) is 0 Å². The lowest BCUT2D eigenvalue weighted by atomic mass is 9.97. The van der Waals surface area contributed by atoms with Crippen LogP contribution in [0.4, 0.5) is 0 Å². The SMILES string of the molecule is O=C1CC2C(OCc3ccccc3)C[C@@H](O1)C2OCC1CO1. The van der Waals surface area contributed by atoms with Gasteiger partial charge in [0, 0.05) is 12.3 Å². The van der Waals surface area contributed by atoms with Crippen LogP contribution in [0.5, 0.6) is 0 Å². The van der Waals surface area contributed by atoms with E-state index in [4.69, 9.17) is 18.9 Å². The Balaban J connectivity index is 1.38. The minimum absolute atomic E-state index is 0.0155. The maximum absolute atomic E-state index is 11.7. The largest absolute Gasteiger partial charge is 0.459 e. The van der Waals surface area contributed by atoms with Gasteiger partial charge in [-0.3, -0.25) is 4.79 Å². The van der Waals surface area contributed by atoms with Crippen molar-refractivity contribution in [1.29, 1.82) is 0 Å². The topological polar surface area (TPSA) is 57.3 Å². The number of esters is 1. The molecule has 2 bridgehead atoms. The molecule has 1 saturated carbocycles. The van der Waals surface area contributed by atoms with Crippen LogP contribution >= 0.6 is 0 Å². The van der Waals surface area contributed by atoms with Crippen molar-refractivity contribution in [1.82, 2.24) is 0 Å². The zero-order valence-electron chi connectivity index (χ0n) is 12.4. The van der Waals surface area contributed by atoms with Gasteiger partial charge < -0.3 is 18.9 Å². The molecule has 2 saturated heterocycles. The number of hydrogen-bond acceptors (Lipinski definition) is 5. The zero-order chi connectivity index (χ0) is 14.9. The molecule has 3 fully saturated rings. The minimum atomic E-state index is -0.175. The van der Waals surface area contributed by atoms with E-state index < -0.39 is 0 Å². The Kier molecular flexibility index (Phi) is 3.86. The summed E-state index contributed by atoms with van der Waals surface area (Å²) in [6, 6.07) is 10.1. The van der Waals surface area contributed by atoms with Gasteiger partial charge >= 0.3 is 5.97 Å². The van der Waals surface area contributed by atoms with Crippen LogP contribution in [0, 0.1) is 5.92 Å². The highest BCUT2D eigenvalue weighted by Gasteiger charge is 2.51. The second-order valence-electron chi connectivity index (χ2n) is 6.22. The average molecular weight is 304 g/mol. The molecule has 22 heavy (non-hydrogen) atoms. The van der Waals surface area contributed by atoms with E-state index in [-0.39, 0.29) is 36.3 Å². The Labute approximate surface area is 129 Å². The van der Waals surface area contributed by atoms with Crippen LogP contribution in [0.3, 0.4) is 0 Å². The standard InChI is InChI=1S/C17H20O5/c18-16-6-13-14(20-8-11-4-2-1-3-5-11)7-15(22-16)17(13)21-10-12-9-19-12/h1-5,12-15,17H,6-10H2/t12?,13?,14?,15-,17?/m1/s1. The minimum Gasteiger partial charge on any atom is -0.459 e. The van der Waals surface area contributed by atoms with Crippen molar-refractivity contribution in [3.05, 3.63) is 35.9 Å². The third kappa shape index (κ3) is 3.02. The van der Waals surface area contributed by atoms with Crippen LogP contribution in [0.2, 0.25) is 0 Å². The predicted molar refractivity (Wildman–Crippen MR) is 77.1 cm³/mol. The van der Waals surface area contributed by atoms with Gasteiger partial charge in [-0.25, -0.2) is 0 Å². The summed E-state index contributed by atoms with van der Waals surface area (Å²) in [6.07, 6.45) is 1.11. The number of fused-ring (bicyclic) bond motifs is 2. The second-order valence-corrected chi connectivity index (χ2v) is 6.22. The summed E-state index contributed by atoms with van der Waals surface area (Å²) in [7, 11) is 0. The Morgan fingerprint density at radius 3 is 2.77 bits per heavy atom. The highest BCUT2D eigenvalue weighted by molar-refractivity contribution is 5.71. The van der Waals surface area contributed by atoms with Crippen molar-refractivity contribution >= 4 is 5.97 Å². The Hall–Kier alpha value is -1.43. The molecular formula is C17H20O5. The molecule has 3 aliphatic rings. The van der Waals surface area contributed by atoms with Crippen molar-refractivity contribution in [2.24, 2.45) is 5.92 Å². The number of hydrogen-bond donors (Lipinski definition) is 0. The molecule has 0 spiro atoms. The maximum atomic E-state index is 11.7. The van der Waals surface area contributed by atoms with Crippen LogP contribution in [0.25, 0.3) is 0 Å². The van der Waals surface area contributed by atoms with E-state index in [9.17, 15) is 4.79 Å². The summed E-state index contributed by atoms with van der Waals surface area (Å²) >= 11 is 0. The van der Waals surface area contributed by atoms with Crippen molar-refractivity contribution in [3.63, 3.8) is 0 Å². The van der Waals surface area contributed by atoms with E-state index in [0.717, 1.165) is 18.6 Å². The van der Waals surface area contributed by atoms with E-state index in [2.05, 4.69) is 0 Å². The fraction of sp³-hybridized carbons (Fsp3) is 0.588. The molecule has 0 aromatic heterocycles. The molecule has 1 aromatic carbocycles. The average Bonchev–Trinajstić information content (AvgIpc) is 3.32. The molecule has 0 radical (unpaired) electrons. The van der Waals surface area contributed by atoms with Gasteiger partial charge in [-0.05, 0) is 5.56 Å². The number of carbonyl (C=O) groups is 1. The maximum Gasteiger partial charge on any atom is 0.306 e. The molecule has 2 heterocycles. The molecular weight excluding hydrogens is 284 g/mol. The molecule has 1 aliphatic carbocycles. The summed E-state index contributed by atoms with van der Waals surface area (Å²) in [5.41, 5.74) is 1.14. The van der Waals surface area contributed by atoms with Gasteiger partial charge in [0.05, 0.1) is 32.3 Å². The first-order chi connectivity index (χ1) is 10.8. The predicted octanol–water partition coefficient (Wildman–Crippen LogP) is 1.69. The van der Waals surface area contributed by atoms with E-state index in [1.54, 1.807) is 0 Å². The molecule has 4 unspecified atom stereocenters. The second kappa shape index (κ2) is 5.99. The fourth-order valence-corrected chi connectivity index (χ4v) is 3.38. The molecule has 5 heteroatoms. The number of carbonyl (C=O) groups excluding carboxylic acids is 1. The van der Waals surface area contributed by atoms with Gasteiger partial charge in [0.1, 0.15) is 18.3 Å². The monoisotopic (exact) mass is 304 g/mol. The first-order valence-electron chi connectivity index (χ1n) is 7.88. The number of ether oxygens (including phenoxy) is 4. The van der Waals surface area contributed by atoms with Gasteiger partial charge in [-0.2, -0.15) is 0 Å². The molecule has 1 aromatic rings. The molecule has 2 aliphatic heterocycles. The highest BCUT2D eigenvalue weighted by atomic mass is 16.6. The Morgan fingerprint density at radius 2 is 2.00 bits per heavy atom. The van der Waals surface area contributed by atoms with Crippen molar-refractivity contribution in [2.75, 3.05) is 13.2 Å². The number of rotatable bonds is 6. The summed E-state index contributed by atoms with van der Waals surface area (Å²) < 4.78 is 22.6. The highest BCUT2D eigenvalue weighted by Crippen LogP contribution is 2.40. The van der Waals surface area contributed by atoms with Gasteiger partial charge in [-0.1, -0.05) is 30.3 Å². The van der Waals surface area contributed by atoms with E-state index in [1.165, 1.54) is 0 Å². The van der Waals surface area contributed by atoms with Crippen molar-refractivity contribution in [2.45, 2.75) is 43.9 Å². The molecule has 4 rings (SSSR count). The first kappa shape index (κ1) is 14.2. The number of epoxide rings is 1. The molecule has 118 valence electrons. The molecule has 0 N–H and O–H groups in total. The third-order valence-corrected chi connectivity index (χ3v) is 4.60. The van der Waals surface area contributed by atoms with Crippen molar-refractivity contribution in [3.8, 4) is 0 Å². The van der Waals surface area contributed by atoms with E-state index in [0.29, 0.717) is 19.6 Å². The quantitative estimate of drug-likeness (QED) is 0.591. The molecule has 5 atom stereocenters. The lowest BCUT2D eigenvalue weighted by molar-refractivity contribution is -0.169. The van der Waals surface area contributed by atoms with Crippen molar-refractivity contribution < 1.29 is 23.7 Å². The van der Waals surface area contributed by atoms with E-state index >= 15 is 0 Å².